The highest BCUT2D eigenvalue weighted by atomic mass is 79.9. The summed E-state index contributed by atoms with van der Waals surface area (Å²) < 4.78 is 41.1. The standard InChI is InChI=1S/C17H24BrFN2O3S/c1-11(2)12(3)20-17(22)13-6-8-21(9-7-13)25(23,24)16-10-14(18)4-5-15(16)19/h4-5,10-13H,6-9H2,1-3H3,(H,20,22). The second-order valence-corrected chi connectivity index (χ2v) is 9.62. The van der Waals surface area contributed by atoms with E-state index in [0.717, 1.165) is 6.07 Å². The highest BCUT2D eigenvalue weighted by Gasteiger charge is 2.34. The molecule has 1 aliphatic heterocycles. The number of carbonyl (C=O) groups is 1. The van der Waals surface area contributed by atoms with Crippen LogP contribution in [0.3, 0.4) is 0 Å². The molecule has 1 aromatic rings. The van der Waals surface area contributed by atoms with Crippen LogP contribution in [-0.2, 0) is 14.8 Å². The van der Waals surface area contributed by atoms with Gasteiger partial charge in [-0.15, -0.1) is 0 Å². The van der Waals surface area contributed by atoms with Crippen molar-refractivity contribution in [2.24, 2.45) is 11.8 Å². The van der Waals surface area contributed by atoms with E-state index in [4.69, 9.17) is 0 Å². The Bertz CT molecular complexity index is 731. The van der Waals surface area contributed by atoms with Gasteiger partial charge in [0, 0.05) is 29.5 Å². The van der Waals surface area contributed by atoms with Gasteiger partial charge >= 0.3 is 0 Å². The molecule has 0 saturated carbocycles. The van der Waals surface area contributed by atoms with Crippen molar-refractivity contribution in [1.29, 1.82) is 0 Å². The molecule has 1 saturated heterocycles. The van der Waals surface area contributed by atoms with Crippen molar-refractivity contribution in [2.45, 2.75) is 44.6 Å². The van der Waals surface area contributed by atoms with E-state index in [0.29, 0.717) is 23.2 Å². The zero-order valence-corrected chi connectivity index (χ0v) is 17.0. The second-order valence-electron chi connectivity index (χ2n) is 6.79. The first-order valence-corrected chi connectivity index (χ1v) is 10.6. The summed E-state index contributed by atoms with van der Waals surface area (Å²) in [5.41, 5.74) is 0. The fourth-order valence-corrected chi connectivity index (χ4v) is 4.75. The molecular weight excluding hydrogens is 411 g/mol. The first kappa shape index (κ1) is 20.3. The fourth-order valence-electron chi connectivity index (χ4n) is 2.68. The summed E-state index contributed by atoms with van der Waals surface area (Å²) in [7, 11) is -3.90. The molecule has 2 rings (SSSR count). The van der Waals surface area contributed by atoms with Gasteiger partial charge in [0.1, 0.15) is 10.7 Å². The molecule has 0 aromatic heterocycles. The lowest BCUT2D eigenvalue weighted by molar-refractivity contribution is -0.127. The summed E-state index contributed by atoms with van der Waals surface area (Å²) in [5, 5.41) is 2.98. The zero-order valence-electron chi connectivity index (χ0n) is 14.6. The molecular formula is C17H24BrFN2O3S. The fraction of sp³-hybridized carbons (Fsp3) is 0.588. The Morgan fingerprint density at radius 1 is 1.28 bits per heavy atom. The molecule has 5 nitrogen and oxygen atoms in total. The maximum Gasteiger partial charge on any atom is 0.246 e. The molecule has 0 aliphatic carbocycles. The molecule has 1 atom stereocenters. The van der Waals surface area contributed by atoms with Crippen molar-refractivity contribution in [1.82, 2.24) is 9.62 Å². The maximum absolute atomic E-state index is 14.0. The van der Waals surface area contributed by atoms with Gasteiger partial charge < -0.3 is 5.32 Å². The van der Waals surface area contributed by atoms with Crippen LogP contribution in [0.2, 0.25) is 0 Å². The minimum absolute atomic E-state index is 0.0353. The van der Waals surface area contributed by atoms with Crippen molar-refractivity contribution in [2.75, 3.05) is 13.1 Å². The van der Waals surface area contributed by atoms with Crippen LogP contribution in [0, 0.1) is 17.7 Å². The molecule has 0 spiro atoms. The van der Waals surface area contributed by atoms with E-state index in [1.54, 1.807) is 0 Å². The van der Waals surface area contributed by atoms with Crippen molar-refractivity contribution in [3.63, 3.8) is 0 Å². The Labute approximate surface area is 157 Å². The van der Waals surface area contributed by atoms with E-state index >= 15 is 0 Å². The number of hydrogen-bond donors (Lipinski definition) is 1. The van der Waals surface area contributed by atoms with Crippen LogP contribution in [0.4, 0.5) is 4.39 Å². The largest absolute Gasteiger partial charge is 0.353 e. The summed E-state index contributed by atoms with van der Waals surface area (Å²) in [4.78, 5) is 12.0. The number of carbonyl (C=O) groups excluding carboxylic acids is 1. The molecule has 1 unspecified atom stereocenters. The monoisotopic (exact) mass is 434 g/mol. The first-order valence-electron chi connectivity index (χ1n) is 8.38. The highest BCUT2D eigenvalue weighted by Crippen LogP contribution is 2.27. The summed E-state index contributed by atoms with van der Waals surface area (Å²) in [6.07, 6.45) is 0.872. The molecule has 1 aliphatic rings. The van der Waals surface area contributed by atoms with E-state index in [2.05, 4.69) is 21.2 Å². The maximum atomic E-state index is 14.0. The molecule has 1 aromatic carbocycles. The number of benzene rings is 1. The van der Waals surface area contributed by atoms with E-state index in [1.807, 2.05) is 20.8 Å². The Morgan fingerprint density at radius 3 is 2.44 bits per heavy atom. The normalized spacial score (nSPS) is 18.3. The molecule has 1 N–H and O–H groups in total. The average Bonchev–Trinajstić information content (AvgIpc) is 2.56. The predicted molar refractivity (Wildman–Crippen MR) is 98.0 cm³/mol. The number of hydrogen-bond acceptors (Lipinski definition) is 3. The quantitative estimate of drug-likeness (QED) is 0.773. The predicted octanol–water partition coefficient (Wildman–Crippen LogP) is 3.15. The molecule has 8 heteroatoms. The Morgan fingerprint density at radius 2 is 1.88 bits per heavy atom. The number of amides is 1. The third-order valence-corrected chi connectivity index (χ3v) is 7.11. The van der Waals surface area contributed by atoms with Crippen LogP contribution >= 0.6 is 15.9 Å². The van der Waals surface area contributed by atoms with Crippen LogP contribution in [0.15, 0.2) is 27.6 Å². The molecule has 1 heterocycles. The van der Waals surface area contributed by atoms with Gasteiger partial charge in [-0.05, 0) is 43.9 Å². The Hall–Kier alpha value is -0.990. The van der Waals surface area contributed by atoms with E-state index in [1.165, 1.54) is 16.4 Å². The van der Waals surface area contributed by atoms with Crippen LogP contribution in [-0.4, -0.2) is 37.8 Å². The molecule has 25 heavy (non-hydrogen) atoms. The lowest BCUT2D eigenvalue weighted by Crippen LogP contribution is -2.45. The molecule has 0 radical (unpaired) electrons. The number of sulfonamides is 1. The summed E-state index contributed by atoms with van der Waals surface area (Å²) in [6, 6.07) is 3.93. The van der Waals surface area contributed by atoms with Crippen LogP contribution < -0.4 is 5.32 Å². The SMILES string of the molecule is CC(C)C(C)NC(=O)C1CCN(S(=O)(=O)c2cc(Br)ccc2F)CC1. The number of nitrogens with one attached hydrogen (secondary N) is 1. The molecule has 0 bridgehead atoms. The molecule has 140 valence electrons. The van der Waals surface area contributed by atoms with E-state index in [9.17, 15) is 17.6 Å². The van der Waals surface area contributed by atoms with Gasteiger partial charge in [0.2, 0.25) is 15.9 Å². The minimum Gasteiger partial charge on any atom is -0.353 e. The van der Waals surface area contributed by atoms with Crippen LogP contribution in [0.1, 0.15) is 33.6 Å². The lowest BCUT2D eigenvalue weighted by atomic mass is 9.96. The van der Waals surface area contributed by atoms with Crippen molar-refractivity contribution in [3.05, 3.63) is 28.5 Å². The van der Waals surface area contributed by atoms with E-state index in [-0.39, 0.29) is 35.9 Å². The Balaban J connectivity index is 2.04. The number of halogens is 2. The molecule has 1 amide bonds. The number of nitrogens with zero attached hydrogens (tertiary/aromatic N) is 1. The van der Waals surface area contributed by atoms with Crippen molar-refractivity contribution in [3.8, 4) is 0 Å². The van der Waals surface area contributed by atoms with Gasteiger partial charge in [0.15, 0.2) is 0 Å². The summed E-state index contributed by atoms with van der Waals surface area (Å²) >= 11 is 3.17. The van der Waals surface area contributed by atoms with E-state index < -0.39 is 15.8 Å². The highest BCUT2D eigenvalue weighted by molar-refractivity contribution is 9.10. The summed E-state index contributed by atoms with van der Waals surface area (Å²) in [6.45, 7) is 6.45. The Kier molecular flexibility index (Phi) is 6.62. The van der Waals surface area contributed by atoms with Crippen molar-refractivity contribution < 1.29 is 17.6 Å². The van der Waals surface area contributed by atoms with Gasteiger partial charge in [-0.2, -0.15) is 4.31 Å². The minimum atomic E-state index is -3.90. The van der Waals surface area contributed by atoms with Crippen LogP contribution in [0.5, 0.6) is 0 Å². The van der Waals surface area contributed by atoms with Crippen molar-refractivity contribution >= 4 is 31.9 Å². The van der Waals surface area contributed by atoms with Gasteiger partial charge in [0.05, 0.1) is 0 Å². The third-order valence-electron chi connectivity index (χ3n) is 4.71. The van der Waals surface area contributed by atoms with Gasteiger partial charge in [0.25, 0.3) is 0 Å². The van der Waals surface area contributed by atoms with Gasteiger partial charge in [-0.3, -0.25) is 4.79 Å². The number of piperidine rings is 1. The lowest BCUT2D eigenvalue weighted by Gasteiger charge is -2.31. The third kappa shape index (κ3) is 4.80. The average molecular weight is 435 g/mol. The zero-order chi connectivity index (χ0) is 18.8. The molecule has 1 fully saturated rings. The topological polar surface area (TPSA) is 66.5 Å². The summed E-state index contributed by atoms with van der Waals surface area (Å²) in [5.74, 6) is -0.676. The van der Waals surface area contributed by atoms with Crippen LogP contribution in [0.25, 0.3) is 0 Å². The van der Waals surface area contributed by atoms with Gasteiger partial charge in [-0.1, -0.05) is 29.8 Å². The number of rotatable bonds is 5. The second kappa shape index (κ2) is 8.14. The smallest absolute Gasteiger partial charge is 0.246 e. The van der Waals surface area contributed by atoms with Gasteiger partial charge in [-0.25, -0.2) is 12.8 Å². The first-order chi connectivity index (χ1) is 11.6.